The zero-order valence-corrected chi connectivity index (χ0v) is 9.93. The van der Waals surface area contributed by atoms with Gasteiger partial charge < -0.3 is 4.74 Å². The summed E-state index contributed by atoms with van der Waals surface area (Å²) in [5, 5.41) is 0.854. The zero-order chi connectivity index (χ0) is 12.3. The molecule has 0 unspecified atom stereocenters. The Bertz CT molecular complexity index is 552. The van der Waals surface area contributed by atoms with Crippen LogP contribution in [0, 0.1) is 0 Å². The highest BCUT2D eigenvalue weighted by Gasteiger charge is 2.14. The molecule has 0 saturated carbocycles. The minimum Gasteiger partial charge on any atom is -0.462 e. The van der Waals surface area contributed by atoms with E-state index in [2.05, 4.69) is 9.97 Å². The number of aromatic nitrogens is 2. The lowest BCUT2D eigenvalue weighted by atomic mass is 10.1. The average Bonchev–Trinajstić information content (AvgIpc) is 2.37. The predicted molar refractivity (Wildman–Crippen MR) is 64.9 cm³/mol. The number of rotatable bonds is 3. The van der Waals surface area contributed by atoms with Crippen LogP contribution < -0.4 is 0 Å². The van der Waals surface area contributed by atoms with Crippen molar-refractivity contribution in [3.8, 4) is 0 Å². The molecule has 0 radical (unpaired) electrons. The molecule has 0 fully saturated rings. The molecule has 17 heavy (non-hydrogen) atoms. The first-order valence-corrected chi connectivity index (χ1v) is 5.68. The Morgan fingerprint density at radius 3 is 2.94 bits per heavy atom. The largest absolute Gasteiger partial charge is 0.462 e. The number of esters is 1. The van der Waals surface area contributed by atoms with Gasteiger partial charge in [-0.2, -0.15) is 0 Å². The van der Waals surface area contributed by atoms with Crippen LogP contribution >= 0.6 is 0 Å². The van der Waals surface area contributed by atoms with Crippen molar-refractivity contribution in [2.75, 3.05) is 6.61 Å². The number of nitrogens with zero attached hydrogens (tertiary/aromatic N) is 2. The molecule has 0 aromatic carbocycles. The first-order valence-electron chi connectivity index (χ1n) is 5.68. The minimum absolute atomic E-state index is 0.317. The summed E-state index contributed by atoms with van der Waals surface area (Å²) in [6, 6.07) is 5.51. The van der Waals surface area contributed by atoms with Gasteiger partial charge in [-0.1, -0.05) is 6.92 Å². The normalized spacial score (nSPS) is 10.5. The first kappa shape index (κ1) is 11.5. The van der Waals surface area contributed by atoms with Crippen LogP contribution in [0.4, 0.5) is 0 Å². The van der Waals surface area contributed by atoms with Gasteiger partial charge in [-0.15, -0.1) is 0 Å². The summed E-state index contributed by atoms with van der Waals surface area (Å²) in [6.07, 6.45) is 2.37. The van der Waals surface area contributed by atoms with Gasteiger partial charge in [0.1, 0.15) is 0 Å². The van der Waals surface area contributed by atoms with Crippen molar-refractivity contribution in [3.05, 3.63) is 35.7 Å². The fraction of sp³-hybridized carbons (Fsp3) is 0.308. The van der Waals surface area contributed by atoms with E-state index in [1.165, 1.54) is 0 Å². The fourth-order valence-electron chi connectivity index (χ4n) is 1.70. The first-order chi connectivity index (χ1) is 8.26. The van der Waals surface area contributed by atoms with Crippen LogP contribution in [0.25, 0.3) is 11.0 Å². The Hall–Kier alpha value is -1.97. The van der Waals surface area contributed by atoms with Crippen LogP contribution in [-0.2, 0) is 11.2 Å². The number of ether oxygens (including phenoxy) is 1. The number of carbonyl (C=O) groups is 1. The lowest BCUT2D eigenvalue weighted by Crippen LogP contribution is -2.09. The molecule has 2 aromatic rings. The van der Waals surface area contributed by atoms with Crippen molar-refractivity contribution in [1.29, 1.82) is 0 Å². The van der Waals surface area contributed by atoms with Gasteiger partial charge in [0.2, 0.25) is 0 Å². The van der Waals surface area contributed by atoms with Crippen LogP contribution in [0.15, 0.2) is 24.4 Å². The van der Waals surface area contributed by atoms with Crippen molar-refractivity contribution < 1.29 is 9.53 Å². The molecule has 0 bridgehead atoms. The van der Waals surface area contributed by atoms with Gasteiger partial charge in [0.25, 0.3) is 0 Å². The molecule has 4 nitrogen and oxygen atoms in total. The molecular formula is C13H14N2O2. The van der Waals surface area contributed by atoms with Crippen molar-refractivity contribution >= 4 is 17.0 Å². The molecule has 0 N–H and O–H groups in total. The van der Waals surface area contributed by atoms with Gasteiger partial charge in [0.15, 0.2) is 5.65 Å². The van der Waals surface area contributed by atoms with Crippen molar-refractivity contribution in [2.45, 2.75) is 20.3 Å². The van der Waals surface area contributed by atoms with Crippen LogP contribution in [0.5, 0.6) is 0 Å². The Morgan fingerprint density at radius 2 is 2.24 bits per heavy atom. The van der Waals surface area contributed by atoms with E-state index in [0.717, 1.165) is 11.1 Å². The molecule has 0 saturated heterocycles. The topological polar surface area (TPSA) is 52.1 Å². The third kappa shape index (κ3) is 2.25. The Labute approximate surface area is 99.7 Å². The molecule has 2 rings (SSSR count). The maximum Gasteiger partial charge on any atom is 0.340 e. The summed E-state index contributed by atoms with van der Waals surface area (Å²) in [6.45, 7) is 4.12. The molecule has 2 heterocycles. The molecule has 0 spiro atoms. The third-order valence-corrected chi connectivity index (χ3v) is 2.50. The van der Waals surface area contributed by atoms with Crippen molar-refractivity contribution in [2.24, 2.45) is 0 Å². The Kier molecular flexibility index (Phi) is 3.32. The fourth-order valence-corrected chi connectivity index (χ4v) is 1.70. The van der Waals surface area contributed by atoms with Gasteiger partial charge in [-0.3, -0.25) is 0 Å². The maximum atomic E-state index is 11.8. The quantitative estimate of drug-likeness (QED) is 0.759. The average molecular weight is 230 g/mol. The number of fused-ring (bicyclic) bond motifs is 1. The smallest absolute Gasteiger partial charge is 0.340 e. The summed E-state index contributed by atoms with van der Waals surface area (Å²) >= 11 is 0. The third-order valence-electron chi connectivity index (χ3n) is 2.50. The van der Waals surface area contributed by atoms with Crippen LogP contribution in [0.1, 0.15) is 29.9 Å². The van der Waals surface area contributed by atoms with E-state index >= 15 is 0 Å². The number of aryl methyl sites for hydroxylation is 1. The lowest BCUT2D eigenvalue weighted by Gasteiger charge is -2.07. The summed E-state index contributed by atoms with van der Waals surface area (Å²) in [4.78, 5) is 20.3. The number of hydrogen-bond donors (Lipinski definition) is 0. The summed E-state index contributed by atoms with van der Waals surface area (Å²) in [7, 11) is 0. The van der Waals surface area contributed by atoms with Gasteiger partial charge in [0, 0.05) is 11.6 Å². The molecule has 0 amide bonds. The van der Waals surface area contributed by atoms with Crippen LogP contribution in [0.2, 0.25) is 0 Å². The molecular weight excluding hydrogens is 216 g/mol. The summed E-state index contributed by atoms with van der Waals surface area (Å²) in [5.41, 5.74) is 1.93. The van der Waals surface area contributed by atoms with E-state index in [1.807, 2.05) is 19.1 Å². The molecule has 88 valence electrons. The molecule has 4 heteroatoms. The summed E-state index contributed by atoms with van der Waals surface area (Å²) in [5.74, 6) is -0.317. The second kappa shape index (κ2) is 4.91. The van der Waals surface area contributed by atoms with Gasteiger partial charge in [-0.25, -0.2) is 14.8 Å². The summed E-state index contributed by atoms with van der Waals surface area (Å²) < 4.78 is 5.02. The van der Waals surface area contributed by atoms with E-state index in [9.17, 15) is 4.79 Å². The second-order valence-corrected chi connectivity index (χ2v) is 3.61. The lowest BCUT2D eigenvalue weighted by molar-refractivity contribution is 0.0525. The molecule has 2 aromatic heterocycles. The van der Waals surface area contributed by atoms with E-state index in [4.69, 9.17) is 4.74 Å². The Balaban J connectivity index is 2.56. The second-order valence-electron chi connectivity index (χ2n) is 3.61. The highest BCUT2D eigenvalue weighted by atomic mass is 16.5. The monoisotopic (exact) mass is 230 g/mol. The number of hydrogen-bond acceptors (Lipinski definition) is 4. The van der Waals surface area contributed by atoms with E-state index in [-0.39, 0.29) is 5.97 Å². The highest BCUT2D eigenvalue weighted by molar-refractivity contribution is 5.94. The van der Waals surface area contributed by atoms with Gasteiger partial charge in [0.05, 0.1) is 17.9 Å². The Morgan fingerprint density at radius 1 is 1.41 bits per heavy atom. The minimum atomic E-state index is -0.317. The van der Waals surface area contributed by atoms with E-state index in [0.29, 0.717) is 24.2 Å². The van der Waals surface area contributed by atoms with E-state index in [1.54, 1.807) is 19.2 Å². The van der Waals surface area contributed by atoms with Gasteiger partial charge in [-0.05, 0) is 31.5 Å². The van der Waals surface area contributed by atoms with Crippen molar-refractivity contribution in [3.63, 3.8) is 0 Å². The van der Waals surface area contributed by atoms with Gasteiger partial charge >= 0.3 is 5.97 Å². The predicted octanol–water partition coefficient (Wildman–Crippen LogP) is 2.37. The molecule has 0 aliphatic heterocycles. The standard InChI is InChI=1S/C13H14N2O2/c1-3-11-10(13(16)17-4-2)8-9-6-5-7-14-12(9)15-11/h5-8H,3-4H2,1-2H3. The zero-order valence-electron chi connectivity index (χ0n) is 9.93. The van der Waals surface area contributed by atoms with E-state index < -0.39 is 0 Å². The van der Waals surface area contributed by atoms with Crippen LogP contribution in [-0.4, -0.2) is 22.5 Å². The SMILES string of the molecule is CCOC(=O)c1cc2cccnc2nc1CC. The highest BCUT2D eigenvalue weighted by Crippen LogP contribution is 2.16. The maximum absolute atomic E-state index is 11.8. The van der Waals surface area contributed by atoms with Crippen LogP contribution in [0.3, 0.4) is 0 Å². The van der Waals surface area contributed by atoms with Crippen molar-refractivity contribution in [1.82, 2.24) is 9.97 Å². The molecule has 0 aliphatic carbocycles. The molecule has 0 aliphatic rings. The number of carbonyl (C=O) groups excluding carboxylic acids is 1. The number of pyridine rings is 2. The molecule has 0 atom stereocenters.